The average Bonchev–Trinajstić information content (AvgIpc) is 2.81. The Morgan fingerprint density at radius 3 is 1.55 bits per heavy atom. The highest BCUT2D eigenvalue weighted by Crippen LogP contribution is 2.42. The summed E-state index contributed by atoms with van der Waals surface area (Å²) < 4.78 is 2.19. The van der Waals surface area contributed by atoms with Crippen LogP contribution in [0.15, 0.2) is 72.1 Å². The van der Waals surface area contributed by atoms with Crippen LogP contribution in [-0.2, 0) is 0 Å². The second-order valence-electron chi connectivity index (χ2n) is 3.60. The van der Waals surface area contributed by atoms with Gasteiger partial charge in [-0.25, -0.2) is 0 Å². The summed E-state index contributed by atoms with van der Waals surface area (Å²) in [4.78, 5) is 21.9. The Bertz CT molecular complexity index is 678. The van der Waals surface area contributed by atoms with Crippen LogP contribution in [0, 0.1) is 0 Å². The predicted molar refractivity (Wildman–Crippen MR) is 85.2 cm³/mol. The van der Waals surface area contributed by atoms with Gasteiger partial charge in [0.05, 0.1) is 8.42 Å². The molecule has 0 saturated carbocycles. The lowest BCUT2D eigenvalue weighted by molar-refractivity contribution is 1.26. The monoisotopic (exact) mass is 336 g/mol. The Hall–Kier alpha value is -1.15. The summed E-state index contributed by atoms with van der Waals surface area (Å²) in [7, 11) is 0. The number of pyridine rings is 2. The summed E-state index contributed by atoms with van der Waals surface area (Å²) >= 11 is 5.81. The summed E-state index contributed by atoms with van der Waals surface area (Å²) in [5, 5.41) is 0. The fraction of sp³-hybridized carbons (Fsp3) is 0. The Balaban J connectivity index is 1.87. The Labute approximate surface area is 132 Å². The number of hydrogen-bond acceptors (Lipinski definition) is 7. The molecule has 3 heterocycles. The van der Waals surface area contributed by atoms with E-state index in [4.69, 9.17) is 0 Å². The van der Waals surface area contributed by atoms with E-state index in [0.717, 1.165) is 18.2 Å². The molecule has 0 aliphatic rings. The molecule has 0 amide bonds. The van der Waals surface area contributed by atoms with Gasteiger partial charge in [0, 0.05) is 34.6 Å². The van der Waals surface area contributed by atoms with E-state index in [9.17, 15) is 4.79 Å². The molecule has 0 spiro atoms. The highest BCUT2D eigenvalue weighted by Gasteiger charge is 2.12. The van der Waals surface area contributed by atoms with Crippen molar-refractivity contribution in [1.29, 1.82) is 0 Å². The van der Waals surface area contributed by atoms with Crippen molar-refractivity contribution >= 4 is 46.2 Å². The van der Waals surface area contributed by atoms with Crippen molar-refractivity contribution in [2.75, 3.05) is 0 Å². The third-order valence-electron chi connectivity index (χ3n) is 2.24. The van der Waals surface area contributed by atoms with Crippen LogP contribution in [0.25, 0.3) is 0 Å². The molecule has 0 radical (unpaired) electrons. The lowest BCUT2D eigenvalue weighted by Crippen LogP contribution is -1.74. The van der Waals surface area contributed by atoms with Gasteiger partial charge in [-0.3, -0.25) is 14.8 Å². The number of rotatable bonds is 4. The van der Waals surface area contributed by atoms with Gasteiger partial charge in [-0.15, -0.1) is 0 Å². The predicted octanol–water partition coefficient (Wildman–Crippen LogP) is 4.26. The Morgan fingerprint density at radius 1 is 0.750 bits per heavy atom. The molecule has 0 aliphatic heterocycles. The molecular weight excluding hydrogens is 328 g/mol. The Kier molecular flexibility index (Phi) is 4.51. The van der Waals surface area contributed by atoms with Gasteiger partial charge in [-0.2, -0.15) is 0 Å². The maximum atomic E-state index is 11.7. The summed E-state index contributed by atoms with van der Waals surface area (Å²) in [6.45, 7) is 0. The summed E-state index contributed by atoms with van der Waals surface area (Å²) in [6.07, 6.45) is 7.03. The standard InChI is InChI=1S/C13H8N2OS4/c16-13-19-11(17-9-1-5-14-6-2-9)12(20-13)18-10-3-7-15-8-4-10/h1-8H. The molecule has 0 bridgehead atoms. The maximum absolute atomic E-state index is 11.7. The van der Waals surface area contributed by atoms with Crippen molar-refractivity contribution in [3.8, 4) is 0 Å². The van der Waals surface area contributed by atoms with Crippen molar-refractivity contribution in [3.63, 3.8) is 0 Å². The summed E-state index contributed by atoms with van der Waals surface area (Å²) in [5.41, 5.74) is 0. The van der Waals surface area contributed by atoms with Crippen LogP contribution in [0.1, 0.15) is 0 Å². The molecule has 0 atom stereocenters. The van der Waals surface area contributed by atoms with E-state index in [1.54, 1.807) is 48.3 Å². The quantitative estimate of drug-likeness (QED) is 0.712. The van der Waals surface area contributed by atoms with E-state index in [1.807, 2.05) is 24.3 Å². The van der Waals surface area contributed by atoms with Crippen molar-refractivity contribution in [3.05, 3.63) is 57.9 Å². The molecule has 0 aliphatic carbocycles. The van der Waals surface area contributed by atoms with E-state index < -0.39 is 0 Å². The molecular formula is C13H8N2OS4. The van der Waals surface area contributed by atoms with Gasteiger partial charge in [0.2, 0.25) is 0 Å². The SMILES string of the molecule is O=c1sc(Sc2ccncc2)c(Sc2ccncc2)s1. The first kappa shape index (κ1) is 13.8. The molecule has 0 N–H and O–H groups in total. The molecule has 3 rings (SSSR count). The van der Waals surface area contributed by atoms with E-state index in [-0.39, 0.29) is 4.06 Å². The third-order valence-corrected chi connectivity index (χ3v) is 7.16. The number of aromatic nitrogens is 2. The topological polar surface area (TPSA) is 42.9 Å². The molecule has 3 aromatic heterocycles. The maximum Gasteiger partial charge on any atom is 0.289 e. The fourth-order valence-corrected chi connectivity index (χ4v) is 6.33. The van der Waals surface area contributed by atoms with Gasteiger partial charge in [0.25, 0.3) is 4.06 Å². The molecule has 0 saturated heterocycles. The zero-order valence-corrected chi connectivity index (χ0v) is 13.3. The van der Waals surface area contributed by atoms with Crippen molar-refractivity contribution in [1.82, 2.24) is 9.97 Å². The first-order chi connectivity index (χ1) is 9.81. The van der Waals surface area contributed by atoms with Crippen LogP contribution in [0.2, 0.25) is 0 Å². The van der Waals surface area contributed by atoms with E-state index >= 15 is 0 Å². The van der Waals surface area contributed by atoms with Crippen LogP contribution < -0.4 is 4.06 Å². The lowest BCUT2D eigenvalue weighted by atomic mass is 10.5. The van der Waals surface area contributed by atoms with Crippen LogP contribution >= 0.6 is 46.2 Å². The van der Waals surface area contributed by atoms with E-state index in [2.05, 4.69) is 9.97 Å². The van der Waals surface area contributed by atoms with E-state index in [0.29, 0.717) is 0 Å². The summed E-state index contributed by atoms with van der Waals surface area (Å²) in [6, 6.07) is 7.78. The minimum atomic E-state index is 0.123. The normalized spacial score (nSPS) is 10.6. The van der Waals surface area contributed by atoms with Gasteiger partial charge in [-0.05, 0) is 24.3 Å². The van der Waals surface area contributed by atoms with Gasteiger partial charge >= 0.3 is 0 Å². The van der Waals surface area contributed by atoms with Crippen LogP contribution in [0.5, 0.6) is 0 Å². The highest BCUT2D eigenvalue weighted by molar-refractivity contribution is 8.05. The third kappa shape index (κ3) is 3.49. The number of hydrogen-bond donors (Lipinski definition) is 0. The van der Waals surface area contributed by atoms with E-state index in [1.165, 1.54) is 22.7 Å². The molecule has 7 heteroatoms. The van der Waals surface area contributed by atoms with Crippen molar-refractivity contribution in [2.45, 2.75) is 18.2 Å². The molecule has 0 fully saturated rings. The van der Waals surface area contributed by atoms with Crippen LogP contribution in [0.4, 0.5) is 0 Å². The lowest BCUT2D eigenvalue weighted by Gasteiger charge is -2.02. The first-order valence-electron chi connectivity index (χ1n) is 5.61. The molecule has 3 nitrogen and oxygen atoms in total. The van der Waals surface area contributed by atoms with Gasteiger partial charge in [-0.1, -0.05) is 46.2 Å². The summed E-state index contributed by atoms with van der Waals surface area (Å²) in [5.74, 6) is 0. The molecule has 0 unspecified atom stereocenters. The van der Waals surface area contributed by atoms with Crippen LogP contribution in [0.3, 0.4) is 0 Å². The van der Waals surface area contributed by atoms with Gasteiger partial charge < -0.3 is 0 Å². The fourth-order valence-electron chi connectivity index (χ4n) is 1.41. The Morgan fingerprint density at radius 2 is 1.15 bits per heavy atom. The molecule has 3 aromatic rings. The zero-order valence-electron chi connectivity index (χ0n) is 10.1. The second-order valence-corrected chi connectivity index (χ2v) is 8.51. The number of nitrogens with zero attached hydrogens (tertiary/aromatic N) is 2. The van der Waals surface area contributed by atoms with Gasteiger partial charge in [0.15, 0.2) is 0 Å². The van der Waals surface area contributed by atoms with Crippen molar-refractivity contribution in [2.24, 2.45) is 0 Å². The smallest absolute Gasteiger partial charge is 0.265 e. The average molecular weight is 336 g/mol. The van der Waals surface area contributed by atoms with Crippen molar-refractivity contribution < 1.29 is 0 Å². The zero-order chi connectivity index (χ0) is 13.8. The van der Waals surface area contributed by atoms with Crippen LogP contribution in [-0.4, -0.2) is 9.97 Å². The largest absolute Gasteiger partial charge is 0.289 e. The van der Waals surface area contributed by atoms with Gasteiger partial charge in [0.1, 0.15) is 0 Å². The first-order valence-corrected chi connectivity index (χ1v) is 8.87. The minimum Gasteiger partial charge on any atom is -0.265 e. The molecule has 0 aromatic carbocycles. The molecule has 20 heavy (non-hydrogen) atoms. The molecule has 100 valence electrons. The minimum absolute atomic E-state index is 0.123. The highest BCUT2D eigenvalue weighted by atomic mass is 32.2. The second kappa shape index (κ2) is 6.53.